The number of likely N-dealkylation sites (N-methyl/N-ethyl adjacent to an activating group) is 1. The van der Waals surface area contributed by atoms with Gasteiger partial charge in [-0.2, -0.15) is 17.4 Å². The molecule has 0 unspecified atom stereocenters. The summed E-state index contributed by atoms with van der Waals surface area (Å²) in [4.78, 5) is 2.29. The van der Waals surface area contributed by atoms with Crippen LogP contribution >= 0.6 is 0 Å². The van der Waals surface area contributed by atoms with E-state index in [1.54, 1.807) is 4.31 Å². The summed E-state index contributed by atoms with van der Waals surface area (Å²) < 4.78 is 28.7. The first-order valence-electron chi connectivity index (χ1n) is 6.52. The molecule has 5 nitrogen and oxygen atoms in total. The van der Waals surface area contributed by atoms with E-state index in [1.807, 2.05) is 0 Å². The van der Waals surface area contributed by atoms with Gasteiger partial charge in [-0.1, -0.05) is 13.8 Å². The molecule has 2 atom stereocenters. The molecule has 0 bridgehead atoms. The third-order valence-electron chi connectivity index (χ3n) is 3.84. The Labute approximate surface area is 104 Å². The third kappa shape index (κ3) is 2.99. The maximum absolute atomic E-state index is 12.1. The molecule has 1 N–H and O–H groups in total. The van der Waals surface area contributed by atoms with Gasteiger partial charge in [0, 0.05) is 32.2 Å². The highest BCUT2D eigenvalue weighted by atomic mass is 32.2. The summed E-state index contributed by atoms with van der Waals surface area (Å²) in [6, 6.07) is 0.0700. The van der Waals surface area contributed by atoms with E-state index in [9.17, 15) is 8.42 Å². The maximum Gasteiger partial charge on any atom is 0.279 e. The normalized spacial score (nSPS) is 32.4. The lowest BCUT2D eigenvalue weighted by Crippen LogP contribution is -2.46. The zero-order valence-electron chi connectivity index (χ0n) is 10.7. The molecular weight excluding hydrogens is 238 g/mol. The van der Waals surface area contributed by atoms with Gasteiger partial charge < -0.3 is 4.90 Å². The average Bonchev–Trinajstić information content (AvgIpc) is 2.88. The molecule has 0 aromatic heterocycles. The summed E-state index contributed by atoms with van der Waals surface area (Å²) in [6.07, 6.45) is 1.98. The molecule has 2 heterocycles. The molecule has 2 fully saturated rings. The standard InChI is InChI=1S/C11H23N3O2S/c1-3-13-8-10(2)11(9-13)12-17(15,16)14-6-4-5-7-14/h10-12H,3-9H2,1-2H3/t10-,11+/m0/s1. The van der Waals surface area contributed by atoms with Crippen LogP contribution in [0, 0.1) is 5.92 Å². The van der Waals surface area contributed by atoms with Crippen LogP contribution in [0.1, 0.15) is 26.7 Å². The van der Waals surface area contributed by atoms with Gasteiger partial charge in [0.1, 0.15) is 0 Å². The average molecular weight is 261 g/mol. The van der Waals surface area contributed by atoms with Crippen molar-refractivity contribution in [3.63, 3.8) is 0 Å². The van der Waals surface area contributed by atoms with E-state index in [4.69, 9.17) is 0 Å². The fraction of sp³-hybridized carbons (Fsp3) is 1.00. The monoisotopic (exact) mass is 261 g/mol. The SMILES string of the molecule is CCN1C[C@H](C)[C@H](NS(=O)(=O)N2CCCC2)C1. The van der Waals surface area contributed by atoms with Crippen LogP contribution in [0.4, 0.5) is 0 Å². The Bertz CT molecular complexity index is 352. The highest BCUT2D eigenvalue weighted by Gasteiger charge is 2.34. The van der Waals surface area contributed by atoms with Crippen molar-refractivity contribution in [1.82, 2.24) is 13.9 Å². The molecule has 2 saturated heterocycles. The van der Waals surface area contributed by atoms with Crippen LogP contribution in [0.25, 0.3) is 0 Å². The van der Waals surface area contributed by atoms with E-state index < -0.39 is 10.2 Å². The zero-order valence-corrected chi connectivity index (χ0v) is 11.5. The Hall–Kier alpha value is -0.170. The number of likely N-dealkylation sites (tertiary alicyclic amines) is 1. The second-order valence-electron chi connectivity index (χ2n) is 5.17. The van der Waals surface area contributed by atoms with Crippen LogP contribution < -0.4 is 4.72 Å². The summed E-state index contributed by atoms with van der Waals surface area (Å²) >= 11 is 0. The number of nitrogens with one attached hydrogen (secondary N) is 1. The Morgan fingerprint density at radius 2 is 1.88 bits per heavy atom. The van der Waals surface area contributed by atoms with Crippen LogP contribution in [0.5, 0.6) is 0 Å². The van der Waals surface area contributed by atoms with Crippen LogP contribution in [-0.2, 0) is 10.2 Å². The van der Waals surface area contributed by atoms with Gasteiger partial charge in [-0.15, -0.1) is 0 Å². The summed E-state index contributed by atoms with van der Waals surface area (Å²) in [7, 11) is -3.25. The minimum absolute atomic E-state index is 0.0700. The lowest BCUT2D eigenvalue weighted by atomic mass is 10.1. The van der Waals surface area contributed by atoms with Gasteiger partial charge >= 0.3 is 0 Å². The Balaban J connectivity index is 1.96. The molecule has 0 saturated carbocycles. The zero-order chi connectivity index (χ0) is 12.5. The van der Waals surface area contributed by atoms with Gasteiger partial charge in [0.25, 0.3) is 10.2 Å². The minimum atomic E-state index is -3.25. The fourth-order valence-electron chi connectivity index (χ4n) is 2.67. The second kappa shape index (κ2) is 5.22. The van der Waals surface area contributed by atoms with E-state index in [2.05, 4.69) is 23.5 Å². The fourth-order valence-corrected chi connectivity index (χ4v) is 4.25. The molecule has 0 aliphatic carbocycles. The third-order valence-corrected chi connectivity index (χ3v) is 5.49. The number of hydrogen-bond donors (Lipinski definition) is 1. The van der Waals surface area contributed by atoms with Gasteiger partial charge in [0.15, 0.2) is 0 Å². The van der Waals surface area contributed by atoms with Crippen molar-refractivity contribution in [2.24, 2.45) is 5.92 Å². The second-order valence-corrected chi connectivity index (χ2v) is 6.87. The van der Waals surface area contributed by atoms with E-state index in [0.717, 1.165) is 32.5 Å². The van der Waals surface area contributed by atoms with Gasteiger partial charge in [-0.25, -0.2) is 0 Å². The first kappa shape index (κ1) is 13.3. The van der Waals surface area contributed by atoms with Crippen molar-refractivity contribution in [2.45, 2.75) is 32.7 Å². The molecule has 2 aliphatic rings. The molecule has 0 aromatic rings. The lowest BCUT2D eigenvalue weighted by molar-refractivity contribution is 0.344. The van der Waals surface area contributed by atoms with Crippen molar-refractivity contribution >= 4 is 10.2 Å². The predicted octanol–water partition coefficient (Wildman–Crippen LogP) is 0.257. The smallest absolute Gasteiger partial charge is 0.279 e. The highest BCUT2D eigenvalue weighted by Crippen LogP contribution is 2.19. The summed E-state index contributed by atoms with van der Waals surface area (Å²) in [5.41, 5.74) is 0. The molecule has 2 aliphatic heterocycles. The number of rotatable bonds is 4. The van der Waals surface area contributed by atoms with Crippen LogP contribution in [0.3, 0.4) is 0 Å². The molecule has 6 heteroatoms. The van der Waals surface area contributed by atoms with Crippen molar-refractivity contribution in [3.05, 3.63) is 0 Å². The molecule has 0 radical (unpaired) electrons. The van der Waals surface area contributed by atoms with Gasteiger partial charge in [0.2, 0.25) is 0 Å². The molecule has 100 valence electrons. The Morgan fingerprint density at radius 3 is 2.41 bits per heavy atom. The number of hydrogen-bond acceptors (Lipinski definition) is 3. The molecule has 0 spiro atoms. The topological polar surface area (TPSA) is 52.7 Å². The van der Waals surface area contributed by atoms with Gasteiger partial charge in [0.05, 0.1) is 0 Å². The summed E-state index contributed by atoms with van der Waals surface area (Å²) in [5, 5.41) is 0. The van der Waals surface area contributed by atoms with Crippen LogP contribution in [0.2, 0.25) is 0 Å². The van der Waals surface area contributed by atoms with E-state index in [-0.39, 0.29) is 6.04 Å². The molecule has 0 amide bonds. The minimum Gasteiger partial charge on any atom is -0.302 e. The van der Waals surface area contributed by atoms with Crippen molar-refractivity contribution < 1.29 is 8.42 Å². The van der Waals surface area contributed by atoms with Crippen molar-refractivity contribution in [3.8, 4) is 0 Å². The number of nitrogens with zero attached hydrogens (tertiary/aromatic N) is 2. The van der Waals surface area contributed by atoms with Gasteiger partial charge in [-0.05, 0) is 25.3 Å². The lowest BCUT2D eigenvalue weighted by Gasteiger charge is -2.21. The predicted molar refractivity (Wildman–Crippen MR) is 67.9 cm³/mol. The Morgan fingerprint density at radius 1 is 1.24 bits per heavy atom. The summed E-state index contributed by atoms with van der Waals surface area (Å²) in [5.74, 6) is 0.396. The summed E-state index contributed by atoms with van der Waals surface area (Å²) in [6.45, 7) is 8.40. The largest absolute Gasteiger partial charge is 0.302 e. The van der Waals surface area contributed by atoms with E-state index >= 15 is 0 Å². The molecule has 0 aromatic carbocycles. The molecule has 2 rings (SSSR count). The van der Waals surface area contributed by atoms with Crippen LogP contribution in [0.15, 0.2) is 0 Å². The first-order chi connectivity index (χ1) is 8.03. The van der Waals surface area contributed by atoms with E-state index in [0.29, 0.717) is 19.0 Å². The van der Waals surface area contributed by atoms with Crippen molar-refractivity contribution in [2.75, 3.05) is 32.7 Å². The first-order valence-corrected chi connectivity index (χ1v) is 7.96. The quantitative estimate of drug-likeness (QED) is 0.789. The van der Waals surface area contributed by atoms with E-state index in [1.165, 1.54) is 0 Å². The van der Waals surface area contributed by atoms with Crippen LogP contribution in [-0.4, -0.2) is 56.4 Å². The Kier molecular flexibility index (Phi) is 4.07. The van der Waals surface area contributed by atoms with Crippen molar-refractivity contribution in [1.29, 1.82) is 0 Å². The molecular formula is C11H23N3O2S. The molecule has 17 heavy (non-hydrogen) atoms. The highest BCUT2D eigenvalue weighted by molar-refractivity contribution is 7.87. The maximum atomic E-state index is 12.1. The van der Waals surface area contributed by atoms with Gasteiger partial charge in [-0.3, -0.25) is 0 Å².